The molecule has 1 aliphatic rings. The van der Waals surface area contributed by atoms with Gasteiger partial charge < -0.3 is 9.05 Å². The Kier molecular flexibility index (Phi) is 4.65. The van der Waals surface area contributed by atoms with Crippen molar-refractivity contribution in [3.8, 4) is 0 Å². The highest BCUT2D eigenvalue weighted by molar-refractivity contribution is 7.99. The molecule has 1 heterocycles. The summed E-state index contributed by atoms with van der Waals surface area (Å²) in [6, 6.07) is 0. The van der Waals surface area contributed by atoms with Gasteiger partial charge in [0.2, 0.25) is 0 Å². The molecule has 72 valence electrons. The van der Waals surface area contributed by atoms with E-state index in [-0.39, 0.29) is 0 Å². The molecule has 1 aliphatic heterocycles. The topological polar surface area (TPSA) is 35.5 Å². The van der Waals surface area contributed by atoms with E-state index in [1.807, 2.05) is 6.92 Å². The summed E-state index contributed by atoms with van der Waals surface area (Å²) in [7, 11) is -2.70. The van der Waals surface area contributed by atoms with E-state index in [1.165, 1.54) is 0 Å². The maximum atomic E-state index is 11.8. The zero-order valence-electron chi connectivity index (χ0n) is 7.32. The van der Waals surface area contributed by atoms with Gasteiger partial charge in [0.05, 0.1) is 13.2 Å². The second-order valence-electron chi connectivity index (χ2n) is 2.61. The molecule has 1 rings (SSSR count). The molecule has 0 aromatic rings. The lowest BCUT2D eigenvalue weighted by molar-refractivity contribution is 0.219. The fraction of sp³-hybridized carbons (Fsp3) is 1.00. The fourth-order valence-electron chi connectivity index (χ4n) is 1.01. The van der Waals surface area contributed by atoms with Crippen LogP contribution in [0.1, 0.15) is 13.3 Å². The SMILES string of the molecule is CCCP1(=O)OCCSCCO1. The van der Waals surface area contributed by atoms with Gasteiger partial charge in [0.15, 0.2) is 0 Å². The summed E-state index contributed by atoms with van der Waals surface area (Å²) >= 11 is 1.78. The van der Waals surface area contributed by atoms with Crippen molar-refractivity contribution in [3.05, 3.63) is 0 Å². The van der Waals surface area contributed by atoms with E-state index in [1.54, 1.807) is 11.8 Å². The van der Waals surface area contributed by atoms with Crippen molar-refractivity contribution < 1.29 is 13.6 Å². The molecule has 0 N–H and O–H groups in total. The monoisotopic (exact) mass is 210 g/mol. The van der Waals surface area contributed by atoms with Crippen LogP contribution in [0.4, 0.5) is 0 Å². The molecule has 0 radical (unpaired) electrons. The third-order valence-electron chi connectivity index (χ3n) is 1.53. The third kappa shape index (κ3) is 3.48. The average Bonchev–Trinajstić information content (AvgIpc) is 1.99. The van der Waals surface area contributed by atoms with Crippen LogP contribution in [-0.2, 0) is 13.6 Å². The van der Waals surface area contributed by atoms with Crippen molar-refractivity contribution in [2.45, 2.75) is 13.3 Å². The highest BCUT2D eigenvalue weighted by Crippen LogP contribution is 2.49. The fourth-order valence-corrected chi connectivity index (χ4v) is 3.49. The van der Waals surface area contributed by atoms with Gasteiger partial charge in [-0.3, -0.25) is 4.57 Å². The van der Waals surface area contributed by atoms with Gasteiger partial charge in [-0.05, 0) is 6.42 Å². The summed E-state index contributed by atoms with van der Waals surface area (Å²) in [4.78, 5) is 0. The normalized spacial score (nSPS) is 24.4. The molecule has 0 aromatic carbocycles. The molecule has 0 aliphatic carbocycles. The quantitative estimate of drug-likeness (QED) is 0.655. The van der Waals surface area contributed by atoms with Crippen LogP contribution in [0.25, 0.3) is 0 Å². The molecule has 0 unspecified atom stereocenters. The molecule has 0 amide bonds. The minimum atomic E-state index is -2.70. The van der Waals surface area contributed by atoms with E-state index in [9.17, 15) is 4.57 Å². The largest absolute Gasteiger partial charge is 0.330 e. The van der Waals surface area contributed by atoms with Crippen LogP contribution >= 0.6 is 19.4 Å². The van der Waals surface area contributed by atoms with Gasteiger partial charge in [-0.15, -0.1) is 0 Å². The molecule has 0 aromatic heterocycles. The van der Waals surface area contributed by atoms with Crippen LogP contribution in [0.2, 0.25) is 0 Å². The standard InChI is InChI=1S/C7H15O3PS/c1-2-5-11(8)9-3-6-12-7-4-10-11/h2-7H2,1H3. The van der Waals surface area contributed by atoms with Gasteiger partial charge in [0, 0.05) is 17.7 Å². The lowest BCUT2D eigenvalue weighted by atomic mass is 10.6. The van der Waals surface area contributed by atoms with Crippen LogP contribution < -0.4 is 0 Å². The predicted molar refractivity (Wildman–Crippen MR) is 52.0 cm³/mol. The molecular weight excluding hydrogens is 195 g/mol. The zero-order chi connectivity index (χ0) is 8.86. The summed E-state index contributed by atoms with van der Waals surface area (Å²) in [5.74, 6) is 1.86. The van der Waals surface area contributed by atoms with Gasteiger partial charge in [-0.2, -0.15) is 11.8 Å². The van der Waals surface area contributed by atoms with E-state index in [2.05, 4.69) is 0 Å². The Morgan fingerprint density at radius 2 is 1.92 bits per heavy atom. The Labute approximate surface area is 77.7 Å². The molecule has 0 spiro atoms. The van der Waals surface area contributed by atoms with Crippen LogP contribution in [0, 0.1) is 0 Å². The maximum Gasteiger partial charge on any atom is 0.330 e. The Hall–Kier alpha value is 0.500. The molecule has 0 bridgehead atoms. The average molecular weight is 210 g/mol. The third-order valence-corrected chi connectivity index (χ3v) is 4.59. The Balaban J connectivity index is 2.42. The van der Waals surface area contributed by atoms with E-state index in [0.29, 0.717) is 19.4 Å². The highest BCUT2D eigenvalue weighted by atomic mass is 32.2. The molecule has 3 nitrogen and oxygen atoms in total. The van der Waals surface area contributed by atoms with Gasteiger partial charge in [-0.25, -0.2) is 0 Å². The lowest BCUT2D eigenvalue weighted by Gasteiger charge is -2.20. The van der Waals surface area contributed by atoms with Crippen molar-refractivity contribution in [3.63, 3.8) is 0 Å². The minimum absolute atomic E-state index is 0.553. The highest BCUT2D eigenvalue weighted by Gasteiger charge is 2.24. The maximum absolute atomic E-state index is 11.8. The first-order chi connectivity index (χ1) is 5.77. The summed E-state index contributed by atoms with van der Waals surface area (Å²) in [6.45, 7) is 3.10. The van der Waals surface area contributed by atoms with Crippen LogP contribution in [-0.4, -0.2) is 30.9 Å². The first kappa shape index (κ1) is 10.6. The summed E-state index contributed by atoms with van der Waals surface area (Å²) in [5.41, 5.74) is 0. The molecule has 1 fully saturated rings. The van der Waals surface area contributed by atoms with E-state index >= 15 is 0 Å². The van der Waals surface area contributed by atoms with E-state index in [4.69, 9.17) is 9.05 Å². The minimum Gasteiger partial charge on any atom is -0.308 e. The molecule has 12 heavy (non-hydrogen) atoms. The summed E-state index contributed by atoms with van der Waals surface area (Å²) < 4.78 is 22.2. The Morgan fingerprint density at radius 1 is 1.33 bits per heavy atom. The summed E-state index contributed by atoms with van der Waals surface area (Å²) in [5, 5.41) is 0. The van der Waals surface area contributed by atoms with E-state index in [0.717, 1.165) is 17.9 Å². The van der Waals surface area contributed by atoms with Crippen molar-refractivity contribution in [1.29, 1.82) is 0 Å². The van der Waals surface area contributed by atoms with E-state index < -0.39 is 7.60 Å². The number of hydrogen-bond acceptors (Lipinski definition) is 4. The number of thioether (sulfide) groups is 1. The smallest absolute Gasteiger partial charge is 0.308 e. The van der Waals surface area contributed by atoms with Crippen LogP contribution in [0.5, 0.6) is 0 Å². The predicted octanol–water partition coefficient (Wildman–Crippen LogP) is 2.37. The molecule has 0 saturated carbocycles. The molecular formula is C7H15O3PS. The van der Waals surface area contributed by atoms with Crippen molar-refractivity contribution >= 4 is 19.4 Å². The first-order valence-corrected chi connectivity index (χ1v) is 7.11. The van der Waals surface area contributed by atoms with Gasteiger partial charge in [0.1, 0.15) is 0 Å². The van der Waals surface area contributed by atoms with Crippen LogP contribution in [0.3, 0.4) is 0 Å². The van der Waals surface area contributed by atoms with Gasteiger partial charge >= 0.3 is 7.60 Å². The second-order valence-corrected chi connectivity index (χ2v) is 6.02. The zero-order valence-corrected chi connectivity index (χ0v) is 9.03. The first-order valence-electron chi connectivity index (χ1n) is 4.23. The second kappa shape index (κ2) is 5.28. The van der Waals surface area contributed by atoms with Crippen molar-refractivity contribution in [2.24, 2.45) is 0 Å². The number of hydrogen-bond donors (Lipinski definition) is 0. The summed E-state index contributed by atoms with van der Waals surface area (Å²) in [6.07, 6.45) is 1.40. The molecule has 1 saturated heterocycles. The lowest BCUT2D eigenvalue weighted by Crippen LogP contribution is -2.09. The molecule has 0 atom stereocenters. The van der Waals surface area contributed by atoms with Crippen LogP contribution in [0.15, 0.2) is 0 Å². The number of rotatable bonds is 2. The van der Waals surface area contributed by atoms with Gasteiger partial charge in [0.25, 0.3) is 0 Å². The van der Waals surface area contributed by atoms with Crippen molar-refractivity contribution in [1.82, 2.24) is 0 Å². The molecule has 5 heteroatoms. The van der Waals surface area contributed by atoms with Gasteiger partial charge in [-0.1, -0.05) is 6.92 Å². The van der Waals surface area contributed by atoms with Crippen molar-refractivity contribution in [2.75, 3.05) is 30.9 Å². The Bertz CT molecular complexity index is 162. The Morgan fingerprint density at radius 3 is 2.42 bits per heavy atom.